The van der Waals surface area contributed by atoms with Gasteiger partial charge in [-0.15, -0.1) is 0 Å². The predicted molar refractivity (Wildman–Crippen MR) is 126 cm³/mol. The van der Waals surface area contributed by atoms with Crippen molar-refractivity contribution in [2.24, 2.45) is 0 Å². The highest BCUT2D eigenvalue weighted by atomic mass is 32.2. The molecule has 3 aromatic rings. The highest BCUT2D eigenvalue weighted by Crippen LogP contribution is 2.41. The molecule has 7 nitrogen and oxygen atoms in total. The van der Waals surface area contributed by atoms with Gasteiger partial charge in [-0.05, 0) is 63.2 Å². The molecule has 0 bridgehead atoms. The normalized spacial score (nSPS) is 18.7. The van der Waals surface area contributed by atoms with Crippen molar-refractivity contribution < 1.29 is 23.1 Å². The lowest BCUT2D eigenvalue weighted by molar-refractivity contribution is -0.0331. The van der Waals surface area contributed by atoms with Crippen LogP contribution in [0.4, 0.5) is 8.78 Å². The maximum atomic E-state index is 14.0. The summed E-state index contributed by atoms with van der Waals surface area (Å²) in [5.41, 5.74) is 4.37. The van der Waals surface area contributed by atoms with Gasteiger partial charge in [-0.3, -0.25) is 4.84 Å². The Balaban J connectivity index is 1.28. The third-order valence-corrected chi connectivity index (χ3v) is 7.32. The summed E-state index contributed by atoms with van der Waals surface area (Å²) in [6, 6.07) is 4.73. The highest BCUT2D eigenvalue weighted by Gasteiger charge is 2.44. The number of ether oxygens (including phenoxy) is 2. The second-order valence-electron chi connectivity index (χ2n) is 9.30. The topological polar surface area (TPSA) is 69.9 Å². The van der Waals surface area contributed by atoms with Crippen molar-refractivity contribution in [3.8, 4) is 17.4 Å². The Bertz CT molecular complexity index is 1180. The van der Waals surface area contributed by atoms with Crippen molar-refractivity contribution >= 4 is 17.4 Å². The summed E-state index contributed by atoms with van der Waals surface area (Å²) in [5, 5.41) is 0. The molecular formula is C24H28F2N4O3S. The molecule has 1 saturated carbocycles. The lowest BCUT2D eigenvalue weighted by atomic mass is 9.96. The van der Waals surface area contributed by atoms with E-state index in [-0.39, 0.29) is 23.8 Å². The fourth-order valence-electron chi connectivity index (χ4n) is 3.78. The summed E-state index contributed by atoms with van der Waals surface area (Å²) in [6.07, 6.45) is 5.85. The first-order valence-corrected chi connectivity index (χ1v) is 12.6. The van der Waals surface area contributed by atoms with Crippen LogP contribution in [-0.2, 0) is 11.4 Å². The van der Waals surface area contributed by atoms with Crippen LogP contribution in [0.3, 0.4) is 0 Å². The van der Waals surface area contributed by atoms with Gasteiger partial charge < -0.3 is 13.9 Å². The number of alkyl halides is 1. The first-order chi connectivity index (χ1) is 16.3. The Kier molecular flexibility index (Phi) is 6.39. The average molecular weight is 491 g/mol. The number of hydrogen-bond donors (Lipinski definition) is 1. The molecule has 3 aromatic heterocycles. The summed E-state index contributed by atoms with van der Waals surface area (Å²) < 4.78 is 40.9. The number of pyridine rings is 2. The fraction of sp³-hybridized carbons (Fsp3) is 0.500. The van der Waals surface area contributed by atoms with Gasteiger partial charge in [0.1, 0.15) is 36.1 Å². The average Bonchev–Trinajstić information content (AvgIpc) is 3.48. The molecule has 34 heavy (non-hydrogen) atoms. The number of aryl methyl sites for hydroxylation is 1. The molecule has 1 aliphatic heterocycles. The van der Waals surface area contributed by atoms with Crippen molar-refractivity contribution in [1.82, 2.24) is 19.8 Å². The van der Waals surface area contributed by atoms with Crippen LogP contribution in [-0.4, -0.2) is 43.7 Å². The summed E-state index contributed by atoms with van der Waals surface area (Å²) in [7, 11) is 0. The van der Waals surface area contributed by atoms with E-state index in [9.17, 15) is 8.78 Å². The molecule has 2 fully saturated rings. The van der Waals surface area contributed by atoms with Crippen LogP contribution in [0.1, 0.15) is 44.0 Å². The fourth-order valence-corrected chi connectivity index (χ4v) is 5.17. The molecule has 10 heteroatoms. The minimum absolute atomic E-state index is 0.0113. The monoisotopic (exact) mass is 490 g/mol. The van der Waals surface area contributed by atoms with Crippen molar-refractivity contribution in [3.63, 3.8) is 0 Å². The lowest BCUT2D eigenvalue weighted by Gasteiger charge is -2.33. The molecular weight excluding hydrogens is 462 g/mol. The van der Waals surface area contributed by atoms with Gasteiger partial charge in [-0.25, -0.2) is 18.7 Å². The maximum Gasteiger partial charge on any atom is 0.262 e. The Morgan fingerprint density at radius 1 is 1.21 bits per heavy atom. The zero-order valence-electron chi connectivity index (χ0n) is 19.3. The predicted octanol–water partition coefficient (Wildman–Crippen LogP) is 5.16. The quantitative estimate of drug-likeness (QED) is 0.416. The Morgan fingerprint density at radius 2 is 2.00 bits per heavy atom. The molecule has 2 aliphatic rings. The third kappa shape index (κ3) is 5.29. The van der Waals surface area contributed by atoms with Gasteiger partial charge in [-0.2, -0.15) is 17.2 Å². The summed E-state index contributed by atoms with van der Waals surface area (Å²) in [4.78, 5) is 14.5. The highest BCUT2D eigenvalue weighted by molar-refractivity contribution is 7.99. The number of nitrogens with one attached hydrogen (secondary N) is 1. The standard InChI is InChI=1S/C24H28F2N4O3S/c1-16-19(14-32-29-23(2)7-9-34-10-8-23)28-21-4-3-18(13-30(16)21)33-22-20(11-17(25)12-27-22)31-15-24(26)5-6-24/h3-4,11-13,29H,5-10,14-15H2,1-2H3. The van der Waals surface area contributed by atoms with Crippen molar-refractivity contribution in [2.45, 2.75) is 57.3 Å². The number of imidazole rings is 1. The lowest BCUT2D eigenvalue weighted by Crippen LogP contribution is -2.45. The van der Waals surface area contributed by atoms with E-state index in [1.54, 1.807) is 12.3 Å². The van der Waals surface area contributed by atoms with Crippen molar-refractivity contribution in [2.75, 3.05) is 18.1 Å². The van der Waals surface area contributed by atoms with Gasteiger partial charge in [0.25, 0.3) is 5.88 Å². The Hall–Kier alpha value is -2.43. The van der Waals surface area contributed by atoms with E-state index < -0.39 is 11.5 Å². The third-order valence-electron chi connectivity index (χ3n) is 6.33. The van der Waals surface area contributed by atoms with Gasteiger partial charge in [0.2, 0.25) is 0 Å². The molecule has 0 atom stereocenters. The number of halogens is 2. The SMILES string of the molecule is Cc1c(CONC2(C)CCSCC2)nc2ccc(Oc3ncc(F)cc3OCC3(F)CC3)cn12. The first-order valence-electron chi connectivity index (χ1n) is 11.4. The van der Waals surface area contributed by atoms with E-state index in [2.05, 4.69) is 22.4 Å². The summed E-state index contributed by atoms with van der Waals surface area (Å²) >= 11 is 1.97. The van der Waals surface area contributed by atoms with Crippen LogP contribution < -0.4 is 15.0 Å². The van der Waals surface area contributed by atoms with E-state index in [4.69, 9.17) is 14.3 Å². The minimum Gasteiger partial charge on any atom is -0.484 e. The van der Waals surface area contributed by atoms with Gasteiger partial charge in [-0.1, -0.05) is 0 Å². The van der Waals surface area contributed by atoms with E-state index in [0.717, 1.165) is 53.6 Å². The van der Waals surface area contributed by atoms with Crippen LogP contribution in [0.2, 0.25) is 0 Å². The van der Waals surface area contributed by atoms with E-state index in [1.807, 2.05) is 29.2 Å². The Labute approximate surface area is 201 Å². The molecule has 0 aromatic carbocycles. The largest absolute Gasteiger partial charge is 0.484 e. The van der Waals surface area contributed by atoms with Gasteiger partial charge >= 0.3 is 0 Å². The maximum absolute atomic E-state index is 14.0. The molecule has 1 N–H and O–H groups in total. The molecule has 0 spiro atoms. The summed E-state index contributed by atoms with van der Waals surface area (Å²) in [6.45, 7) is 4.34. The molecule has 4 heterocycles. The molecule has 0 unspecified atom stereocenters. The second-order valence-corrected chi connectivity index (χ2v) is 10.5. The number of thioether (sulfide) groups is 1. The number of hydrogen-bond acceptors (Lipinski definition) is 7. The molecule has 0 amide bonds. The minimum atomic E-state index is -1.34. The van der Waals surface area contributed by atoms with Crippen LogP contribution in [0.5, 0.6) is 17.4 Å². The number of hydroxylamine groups is 1. The number of fused-ring (bicyclic) bond motifs is 1. The van der Waals surface area contributed by atoms with Crippen molar-refractivity contribution in [1.29, 1.82) is 0 Å². The molecule has 182 valence electrons. The Morgan fingerprint density at radius 3 is 2.76 bits per heavy atom. The van der Waals surface area contributed by atoms with E-state index in [0.29, 0.717) is 25.2 Å². The summed E-state index contributed by atoms with van der Waals surface area (Å²) in [5.74, 6) is 2.30. The van der Waals surface area contributed by atoms with E-state index in [1.165, 1.54) is 0 Å². The zero-order chi connectivity index (χ0) is 23.8. The number of nitrogens with zero attached hydrogens (tertiary/aromatic N) is 3. The van der Waals surface area contributed by atoms with E-state index >= 15 is 0 Å². The van der Waals surface area contributed by atoms with Crippen LogP contribution in [0.25, 0.3) is 5.65 Å². The van der Waals surface area contributed by atoms with Crippen LogP contribution in [0, 0.1) is 12.7 Å². The second kappa shape index (κ2) is 9.31. The van der Waals surface area contributed by atoms with Gasteiger partial charge in [0.15, 0.2) is 5.75 Å². The number of rotatable bonds is 9. The van der Waals surface area contributed by atoms with Gasteiger partial charge in [0.05, 0.1) is 18.1 Å². The van der Waals surface area contributed by atoms with Crippen LogP contribution >= 0.6 is 11.8 Å². The molecule has 1 aliphatic carbocycles. The molecule has 0 radical (unpaired) electrons. The van der Waals surface area contributed by atoms with Gasteiger partial charge in [0, 0.05) is 17.3 Å². The zero-order valence-corrected chi connectivity index (χ0v) is 20.1. The first kappa shape index (κ1) is 23.3. The molecule has 1 saturated heterocycles. The molecule has 5 rings (SSSR count). The van der Waals surface area contributed by atoms with Crippen LogP contribution in [0.15, 0.2) is 30.6 Å². The smallest absolute Gasteiger partial charge is 0.262 e. The number of aromatic nitrogens is 3. The van der Waals surface area contributed by atoms with Crippen molar-refractivity contribution in [3.05, 3.63) is 47.8 Å².